The van der Waals surface area contributed by atoms with Crippen molar-refractivity contribution in [3.05, 3.63) is 71.4 Å². The highest BCUT2D eigenvalue weighted by atomic mass is 35.5. The normalized spacial score (nSPS) is 13.5. The fourth-order valence-corrected chi connectivity index (χ4v) is 3.17. The van der Waals surface area contributed by atoms with Gasteiger partial charge in [-0.1, -0.05) is 48.0 Å². The summed E-state index contributed by atoms with van der Waals surface area (Å²) in [7, 11) is 1.84. The first-order chi connectivity index (χ1) is 10.7. The Labute approximate surface area is 147 Å². The van der Waals surface area contributed by atoms with Crippen LogP contribution in [0, 0.1) is 0 Å². The molecule has 3 rings (SSSR count). The van der Waals surface area contributed by atoms with Gasteiger partial charge in [0.2, 0.25) is 0 Å². The number of aliphatic hydroxyl groups is 1. The minimum Gasteiger partial charge on any atom is -0.389 e. The summed E-state index contributed by atoms with van der Waals surface area (Å²) in [5.41, 5.74) is 2.10. The maximum absolute atomic E-state index is 10.6. The summed E-state index contributed by atoms with van der Waals surface area (Å²) in [6.07, 6.45) is 1.45. The Hall–Kier alpha value is -1.52. The summed E-state index contributed by atoms with van der Waals surface area (Å²) in [6, 6.07) is 17.7. The summed E-state index contributed by atoms with van der Waals surface area (Å²) < 4.78 is 2.10. The van der Waals surface area contributed by atoms with Crippen molar-refractivity contribution in [2.75, 3.05) is 13.6 Å². The van der Waals surface area contributed by atoms with E-state index >= 15 is 0 Å². The molecule has 2 atom stereocenters. The van der Waals surface area contributed by atoms with E-state index in [1.54, 1.807) is 0 Å². The summed E-state index contributed by atoms with van der Waals surface area (Å²) >= 11 is 6.27. The number of aliphatic hydroxyl groups excluding tert-OH is 1. The van der Waals surface area contributed by atoms with Gasteiger partial charge in [0.25, 0.3) is 0 Å². The molecule has 3 aromatic rings. The number of nitrogens with one attached hydrogen (secondary N) is 1. The van der Waals surface area contributed by atoms with Crippen LogP contribution in [0.1, 0.15) is 11.6 Å². The van der Waals surface area contributed by atoms with E-state index in [1.165, 1.54) is 0 Å². The van der Waals surface area contributed by atoms with Gasteiger partial charge in [-0.3, -0.25) is 0 Å². The number of hydrogen-bond donors (Lipinski definition) is 2. The lowest BCUT2D eigenvalue weighted by atomic mass is 10.0. The van der Waals surface area contributed by atoms with E-state index in [9.17, 15) is 5.11 Å². The Kier molecular flexibility index (Phi) is 6.08. The number of hydrogen-bond acceptors (Lipinski definition) is 2. The van der Waals surface area contributed by atoms with Crippen LogP contribution in [0.5, 0.6) is 0 Å². The second-order valence-corrected chi connectivity index (χ2v) is 5.78. The summed E-state index contributed by atoms with van der Waals surface area (Å²) in [5, 5.41) is 15.4. The van der Waals surface area contributed by atoms with E-state index in [2.05, 4.69) is 9.88 Å². The van der Waals surface area contributed by atoms with Crippen molar-refractivity contribution in [1.29, 1.82) is 0 Å². The first-order valence-electron chi connectivity index (χ1n) is 7.35. The molecule has 0 unspecified atom stereocenters. The molecule has 0 radical (unpaired) electrons. The molecule has 0 aliphatic heterocycles. The molecule has 0 saturated carbocycles. The van der Waals surface area contributed by atoms with E-state index in [4.69, 9.17) is 11.6 Å². The molecule has 0 amide bonds. The van der Waals surface area contributed by atoms with E-state index in [1.807, 2.05) is 67.8 Å². The van der Waals surface area contributed by atoms with Gasteiger partial charge in [0.05, 0.1) is 17.7 Å². The van der Waals surface area contributed by atoms with Crippen molar-refractivity contribution in [3.63, 3.8) is 0 Å². The number of halogens is 2. The van der Waals surface area contributed by atoms with Gasteiger partial charge in [0.15, 0.2) is 0 Å². The number of likely N-dealkylation sites (N-methyl/N-ethyl adjacent to an activating group) is 1. The molecule has 0 aliphatic rings. The van der Waals surface area contributed by atoms with Crippen LogP contribution < -0.4 is 5.32 Å². The van der Waals surface area contributed by atoms with Gasteiger partial charge in [-0.2, -0.15) is 0 Å². The highest BCUT2D eigenvalue weighted by Gasteiger charge is 2.23. The van der Waals surface area contributed by atoms with Gasteiger partial charge in [-0.15, -0.1) is 12.4 Å². The SMILES string of the molecule is CNC[C@@H](O)[C@H](c1ccccc1)n1ccc2c(Cl)cccc21.Cl. The molecular weight excluding hydrogens is 331 g/mol. The van der Waals surface area contributed by atoms with Crippen molar-refractivity contribution in [1.82, 2.24) is 9.88 Å². The van der Waals surface area contributed by atoms with Crippen molar-refractivity contribution in [3.8, 4) is 0 Å². The lowest BCUT2D eigenvalue weighted by Crippen LogP contribution is -2.33. The Morgan fingerprint density at radius 3 is 2.52 bits per heavy atom. The molecule has 0 fully saturated rings. The zero-order chi connectivity index (χ0) is 15.5. The van der Waals surface area contributed by atoms with Crippen LogP contribution in [0.15, 0.2) is 60.8 Å². The van der Waals surface area contributed by atoms with E-state index in [0.29, 0.717) is 6.54 Å². The van der Waals surface area contributed by atoms with Gasteiger partial charge in [-0.05, 0) is 30.8 Å². The third-order valence-electron chi connectivity index (χ3n) is 3.93. The first kappa shape index (κ1) is 17.8. The average molecular weight is 351 g/mol. The smallest absolute Gasteiger partial charge is 0.0912 e. The van der Waals surface area contributed by atoms with Gasteiger partial charge in [0.1, 0.15) is 0 Å². The predicted molar refractivity (Wildman–Crippen MR) is 98.7 cm³/mol. The van der Waals surface area contributed by atoms with Crippen LogP contribution in [-0.4, -0.2) is 29.4 Å². The minimum atomic E-state index is -0.540. The molecule has 0 spiro atoms. The van der Waals surface area contributed by atoms with Crippen LogP contribution >= 0.6 is 24.0 Å². The first-order valence-corrected chi connectivity index (χ1v) is 7.73. The second kappa shape index (κ2) is 7.84. The van der Waals surface area contributed by atoms with Gasteiger partial charge < -0.3 is 15.0 Å². The molecule has 3 nitrogen and oxygen atoms in total. The third kappa shape index (κ3) is 3.54. The van der Waals surface area contributed by atoms with Gasteiger partial charge in [0, 0.05) is 23.2 Å². The lowest BCUT2D eigenvalue weighted by Gasteiger charge is -2.26. The number of aromatic nitrogens is 1. The third-order valence-corrected chi connectivity index (χ3v) is 4.26. The molecular formula is C18H20Cl2N2O. The molecule has 23 heavy (non-hydrogen) atoms. The topological polar surface area (TPSA) is 37.2 Å². The minimum absolute atomic E-state index is 0. The zero-order valence-corrected chi connectivity index (χ0v) is 14.4. The molecule has 0 saturated heterocycles. The highest BCUT2D eigenvalue weighted by molar-refractivity contribution is 6.35. The molecule has 1 aromatic heterocycles. The van der Waals surface area contributed by atoms with Crippen LogP contribution in [0.25, 0.3) is 10.9 Å². The molecule has 2 aromatic carbocycles. The fourth-order valence-electron chi connectivity index (χ4n) is 2.93. The van der Waals surface area contributed by atoms with Crippen molar-refractivity contribution in [2.24, 2.45) is 0 Å². The van der Waals surface area contributed by atoms with Crippen molar-refractivity contribution >= 4 is 34.9 Å². The average Bonchev–Trinajstić information content (AvgIpc) is 2.94. The summed E-state index contributed by atoms with van der Waals surface area (Å²) in [5.74, 6) is 0. The van der Waals surface area contributed by atoms with Crippen LogP contribution in [-0.2, 0) is 0 Å². The Morgan fingerprint density at radius 1 is 1.09 bits per heavy atom. The lowest BCUT2D eigenvalue weighted by molar-refractivity contribution is 0.132. The molecule has 1 heterocycles. The van der Waals surface area contributed by atoms with Crippen LogP contribution in [0.3, 0.4) is 0 Å². The largest absolute Gasteiger partial charge is 0.389 e. The van der Waals surface area contributed by atoms with E-state index < -0.39 is 6.10 Å². The number of benzene rings is 2. The molecule has 0 aliphatic carbocycles. The van der Waals surface area contributed by atoms with Gasteiger partial charge in [-0.25, -0.2) is 0 Å². The Bertz CT molecular complexity index is 758. The predicted octanol–water partition coefficient (Wildman–Crippen LogP) is 3.89. The fraction of sp³-hybridized carbons (Fsp3) is 0.222. The monoisotopic (exact) mass is 350 g/mol. The molecule has 5 heteroatoms. The number of fused-ring (bicyclic) bond motifs is 1. The Morgan fingerprint density at radius 2 is 1.83 bits per heavy atom. The van der Waals surface area contributed by atoms with Gasteiger partial charge >= 0.3 is 0 Å². The summed E-state index contributed by atoms with van der Waals surface area (Å²) in [6.45, 7) is 0.514. The Balaban J connectivity index is 0.00000192. The second-order valence-electron chi connectivity index (χ2n) is 5.38. The highest BCUT2D eigenvalue weighted by Crippen LogP contribution is 2.31. The number of rotatable bonds is 5. The van der Waals surface area contributed by atoms with Crippen molar-refractivity contribution < 1.29 is 5.11 Å². The van der Waals surface area contributed by atoms with Crippen molar-refractivity contribution in [2.45, 2.75) is 12.1 Å². The zero-order valence-electron chi connectivity index (χ0n) is 12.8. The van der Waals surface area contributed by atoms with E-state index in [-0.39, 0.29) is 18.4 Å². The van der Waals surface area contributed by atoms with E-state index in [0.717, 1.165) is 21.5 Å². The van der Waals surface area contributed by atoms with Crippen LogP contribution in [0.2, 0.25) is 5.02 Å². The summed E-state index contributed by atoms with van der Waals surface area (Å²) in [4.78, 5) is 0. The maximum atomic E-state index is 10.6. The van der Waals surface area contributed by atoms with Crippen LogP contribution in [0.4, 0.5) is 0 Å². The molecule has 2 N–H and O–H groups in total. The molecule has 122 valence electrons. The molecule has 0 bridgehead atoms. The maximum Gasteiger partial charge on any atom is 0.0912 e. The quantitative estimate of drug-likeness (QED) is 0.732. The standard InChI is InChI=1S/C18H19ClN2O.ClH/c1-20-12-17(22)18(13-6-3-2-4-7-13)21-11-10-14-15(19)8-5-9-16(14)21;/h2-11,17-18,20,22H,12H2,1H3;1H/t17-,18+;/m1./s1. The number of nitrogens with zero attached hydrogens (tertiary/aromatic N) is 1.